The second kappa shape index (κ2) is 8.58. The van der Waals surface area contributed by atoms with Crippen molar-refractivity contribution in [1.82, 2.24) is 14.5 Å². The van der Waals surface area contributed by atoms with E-state index in [-0.39, 0.29) is 17.6 Å². The van der Waals surface area contributed by atoms with Crippen LogP contribution in [0.15, 0.2) is 47.4 Å². The molecule has 8 nitrogen and oxygen atoms in total. The van der Waals surface area contributed by atoms with Gasteiger partial charge in [-0.25, -0.2) is 4.98 Å². The zero-order chi connectivity index (χ0) is 24.9. The van der Waals surface area contributed by atoms with E-state index in [0.717, 1.165) is 45.7 Å². The van der Waals surface area contributed by atoms with Crippen LogP contribution < -0.4 is 20.1 Å². The molecule has 0 unspecified atom stereocenters. The minimum absolute atomic E-state index is 0.0934. The molecule has 3 aromatic heterocycles. The first-order valence-corrected chi connectivity index (χ1v) is 11.7. The van der Waals surface area contributed by atoms with Gasteiger partial charge in [-0.05, 0) is 56.7 Å². The first kappa shape index (κ1) is 22.7. The van der Waals surface area contributed by atoms with Crippen LogP contribution in [-0.2, 0) is 7.05 Å². The fourth-order valence-electron chi connectivity index (χ4n) is 5.08. The molecular formula is C27H28N6O2. The van der Waals surface area contributed by atoms with E-state index in [9.17, 15) is 10.1 Å². The highest BCUT2D eigenvalue weighted by molar-refractivity contribution is 5.93. The third-order valence-electron chi connectivity index (χ3n) is 6.91. The summed E-state index contributed by atoms with van der Waals surface area (Å²) in [6.07, 6.45) is 1.76. The molecule has 8 heteroatoms. The predicted octanol–water partition coefficient (Wildman–Crippen LogP) is 3.77. The Bertz CT molecular complexity index is 1550. The highest BCUT2D eigenvalue weighted by atomic mass is 16.5. The SMILES string of the molecule is COc1cnc2c(N3C[C@H](C)N(c4cc(=O)n(C)c5ccc(C#N)nc45)C[C@@H]3C)cc(C)cc2c1. The van der Waals surface area contributed by atoms with Crippen LogP contribution in [0.5, 0.6) is 5.75 Å². The maximum atomic E-state index is 12.8. The van der Waals surface area contributed by atoms with E-state index < -0.39 is 0 Å². The minimum Gasteiger partial charge on any atom is -0.495 e. The third-order valence-corrected chi connectivity index (χ3v) is 6.91. The summed E-state index contributed by atoms with van der Waals surface area (Å²) in [5.74, 6) is 0.738. The van der Waals surface area contributed by atoms with Gasteiger partial charge in [0.25, 0.3) is 5.56 Å². The summed E-state index contributed by atoms with van der Waals surface area (Å²) in [7, 11) is 3.38. The molecule has 1 aliphatic rings. The van der Waals surface area contributed by atoms with Crippen molar-refractivity contribution in [3.63, 3.8) is 0 Å². The van der Waals surface area contributed by atoms with Gasteiger partial charge in [-0.1, -0.05) is 0 Å². The number of nitriles is 1. The van der Waals surface area contributed by atoms with Crippen molar-refractivity contribution in [2.75, 3.05) is 30.0 Å². The van der Waals surface area contributed by atoms with Crippen molar-refractivity contribution in [1.29, 1.82) is 5.26 Å². The summed E-state index contributed by atoms with van der Waals surface area (Å²) in [4.78, 5) is 26.7. The zero-order valence-electron chi connectivity index (χ0n) is 20.6. The number of anilines is 2. The number of methoxy groups -OCH3 is 1. The highest BCUT2D eigenvalue weighted by Crippen LogP contribution is 2.35. The Balaban J connectivity index is 1.57. The molecule has 0 N–H and O–H groups in total. The largest absolute Gasteiger partial charge is 0.495 e. The van der Waals surface area contributed by atoms with E-state index in [0.29, 0.717) is 17.8 Å². The van der Waals surface area contributed by atoms with Crippen LogP contribution in [0.25, 0.3) is 21.9 Å². The molecular weight excluding hydrogens is 440 g/mol. The molecule has 2 atom stereocenters. The lowest BCUT2D eigenvalue weighted by Gasteiger charge is -2.46. The van der Waals surface area contributed by atoms with E-state index >= 15 is 0 Å². The van der Waals surface area contributed by atoms with Crippen LogP contribution in [-0.4, -0.2) is 46.8 Å². The van der Waals surface area contributed by atoms with Gasteiger partial charge in [0.15, 0.2) is 0 Å². The Morgan fingerprint density at radius 3 is 2.37 bits per heavy atom. The van der Waals surface area contributed by atoms with Crippen LogP contribution in [0.1, 0.15) is 25.1 Å². The summed E-state index contributed by atoms with van der Waals surface area (Å²) in [5.41, 5.74) is 5.62. The maximum Gasteiger partial charge on any atom is 0.252 e. The van der Waals surface area contributed by atoms with Gasteiger partial charge >= 0.3 is 0 Å². The van der Waals surface area contributed by atoms with Gasteiger partial charge in [0.1, 0.15) is 23.0 Å². The molecule has 178 valence electrons. The topological polar surface area (TPSA) is 87.3 Å². The lowest BCUT2D eigenvalue weighted by Crippen LogP contribution is -2.57. The standard InChI is InChI=1S/C27H28N6O2/c1-16-8-19-10-21(35-5)13-29-26(19)23(9-16)32-14-18(3)33(15-17(32)2)24-11-25(34)31(4)22-7-6-20(12-28)30-27(22)24/h6-11,13,17-18H,14-15H2,1-5H3/t17-,18-/m0/s1. The van der Waals surface area contributed by atoms with Crippen molar-refractivity contribution in [2.45, 2.75) is 32.9 Å². The highest BCUT2D eigenvalue weighted by Gasteiger charge is 2.32. The van der Waals surface area contributed by atoms with Crippen LogP contribution in [0.4, 0.5) is 11.4 Å². The Hall–Kier alpha value is -4.12. The maximum absolute atomic E-state index is 12.8. The molecule has 4 aromatic rings. The molecule has 4 heterocycles. The van der Waals surface area contributed by atoms with Crippen LogP contribution in [0, 0.1) is 18.3 Å². The van der Waals surface area contributed by atoms with E-state index in [1.165, 1.54) is 0 Å². The molecule has 0 radical (unpaired) electrons. The number of hydrogen-bond donors (Lipinski definition) is 0. The summed E-state index contributed by atoms with van der Waals surface area (Å²) in [6.45, 7) is 7.89. The normalized spacial score (nSPS) is 18.2. The third kappa shape index (κ3) is 3.83. The Morgan fingerprint density at radius 2 is 1.71 bits per heavy atom. The molecule has 0 saturated carbocycles. The van der Waals surface area contributed by atoms with Crippen molar-refractivity contribution in [3.05, 3.63) is 64.2 Å². The smallest absolute Gasteiger partial charge is 0.252 e. The fraction of sp³-hybridized carbons (Fsp3) is 0.333. The van der Waals surface area contributed by atoms with E-state index in [2.05, 4.69) is 53.8 Å². The van der Waals surface area contributed by atoms with E-state index in [4.69, 9.17) is 9.72 Å². The number of piperazine rings is 1. The molecule has 0 aliphatic carbocycles. The van der Waals surface area contributed by atoms with Gasteiger partial charge in [-0.15, -0.1) is 0 Å². The van der Waals surface area contributed by atoms with Crippen molar-refractivity contribution in [2.24, 2.45) is 7.05 Å². The second-order valence-electron chi connectivity index (χ2n) is 9.34. The van der Waals surface area contributed by atoms with Gasteiger partial charge in [-0.2, -0.15) is 5.26 Å². The Morgan fingerprint density at radius 1 is 1.03 bits per heavy atom. The van der Waals surface area contributed by atoms with Crippen molar-refractivity contribution >= 4 is 33.3 Å². The number of aryl methyl sites for hydroxylation is 2. The Labute approximate surface area is 204 Å². The summed E-state index contributed by atoms with van der Waals surface area (Å²) < 4.78 is 6.96. The van der Waals surface area contributed by atoms with Gasteiger partial charge in [-0.3, -0.25) is 9.78 Å². The molecule has 1 fully saturated rings. The number of hydrogen-bond acceptors (Lipinski definition) is 7. The van der Waals surface area contributed by atoms with Crippen LogP contribution in [0.3, 0.4) is 0 Å². The lowest BCUT2D eigenvalue weighted by molar-refractivity contribution is 0.413. The molecule has 1 aromatic carbocycles. The quantitative estimate of drug-likeness (QED) is 0.452. The first-order valence-electron chi connectivity index (χ1n) is 11.7. The number of fused-ring (bicyclic) bond motifs is 2. The number of nitrogens with zero attached hydrogens (tertiary/aromatic N) is 6. The molecule has 35 heavy (non-hydrogen) atoms. The predicted molar refractivity (Wildman–Crippen MR) is 138 cm³/mol. The molecule has 0 amide bonds. The average Bonchev–Trinajstić information content (AvgIpc) is 2.86. The summed E-state index contributed by atoms with van der Waals surface area (Å²) in [6, 6.07) is 13.8. The molecule has 5 rings (SSSR count). The van der Waals surface area contributed by atoms with E-state index in [1.807, 2.05) is 6.07 Å². The van der Waals surface area contributed by atoms with Gasteiger partial charge < -0.3 is 19.1 Å². The minimum atomic E-state index is -0.0934. The number of ether oxygens (including phenoxy) is 1. The molecule has 0 spiro atoms. The van der Waals surface area contributed by atoms with Crippen molar-refractivity contribution < 1.29 is 4.74 Å². The summed E-state index contributed by atoms with van der Waals surface area (Å²) >= 11 is 0. The van der Waals surface area contributed by atoms with Gasteiger partial charge in [0.2, 0.25) is 0 Å². The van der Waals surface area contributed by atoms with Crippen LogP contribution in [0.2, 0.25) is 0 Å². The van der Waals surface area contributed by atoms with E-state index in [1.54, 1.807) is 43.1 Å². The number of pyridine rings is 3. The van der Waals surface area contributed by atoms with Gasteiger partial charge in [0, 0.05) is 43.7 Å². The number of aromatic nitrogens is 3. The van der Waals surface area contributed by atoms with Gasteiger partial charge in [0.05, 0.1) is 35.7 Å². The monoisotopic (exact) mass is 468 g/mol. The van der Waals surface area contributed by atoms with Crippen LogP contribution >= 0.6 is 0 Å². The summed E-state index contributed by atoms with van der Waals surface area (Å²) in [5, 5.41) is 10.5. The molecule has 1 aliphatic heterocycles. The number of benzene rings is 1. The zero-order valence-corrected chi connectivity index (χ0v) is 20.6. The average molecular weight is 469 g/mol. The molecule has 1 saturated heterocycles. The molecule has 0 bridgehead atoms. The Kier molecular flexibility index (Phi) is 5.56. The lowest BCUT2D eigenvalue weighted by atomic mass is 10.0. The van der Waals surface area contributed by atoms with Crippen molar-refractivity contribution in [3.8, 4) is 11.8 Å². The first-order chi connectivity index (χ1) is 16.8. The number of rotatable bonds is 3. The fourth-order valence-corrected chi connectivity index (χ4v) is 5.08. The second-order valence-corrected chi connectivity index (χ2v) is 9.34.